The third-order valence-corrected chi connectivity index (χ3v) is 2.79. The molecule has 1 aromatic heterocycles. The number of nitro groups is 1. The van der Waals surface area contributed by atoms with Crippen LogP contribution in [-0.4, -0.2) is 15.7 Å². The summed E-state index contributed by atoms with van der Waals surface area (Å²) in [5.74, 6) is 0.349. The summed E-state index contributed by atoms with van der Waals surface area (Å²) in [5, 5.41) is 18.1. The van der Waals surface area contributed by atoms with Crippen LogP contribution in [0, 0.1) is 15.5 Å². The van der Waals surface area contributed by atoms with E-state index in [9.17, 15) is 10.1 Å². The third-order valence-electron chi connectivity index (χ3n) is 2.34. The van der Waals surface area contributed by atoms with Gasteiger partial charge in [0.15, 0.2) is 0 Å². The molecule has 3 N–H and O–H groups in total. The number of hydrogen-bond donors (Lipinski definition) is 2. The second-order valence-electron chi connectivity index (χ2n) is 3.80. The summed E-state index contributed by atoms with van der Waals surface area (Å²) in [4.78, 5) is 14.2. The number of ether oxygens (including phenoxy) is 1. The Labute approximate surface area is 122 Å². The predicted octanol–water partition coefficient (Wildman–Crippen LogP) is 2.83. The maximum atomic E-state index is 10.8. The number of hydrogen-bond acceptors (Lipinski definition) is 5. The average molecular weight is 337 g/mol. The molecule has 0 saturated heterocycles. The molecule has 0 aliphatic carbocycles. The second kappa shape index (κ2) is 5.66. The van der Waals surface area contributed by atoms with Gasteiger partial charge in [-0.1, -0.05) is 15.9 Å². The number of pyridine rings is 1. The summed E-state index contributed by atoms with van der Waals surface area (Å²) in [5.41, 5.74) is 5.73. The van der Waals surface area contributed by atoms with E-state index >= 15 is 0 Å². The van der Waals surface area contributed by atoms with Crippen LogP contribution in [0.1, 0.15) is 5.56 Å². The van der Waals surface area contributed by atoms with E-state index in [4.69, 9.17) is 15.9 Å². The molecule has 0 fully saturated rings. The van der Waals surface area contributed by atoms with E-state index in [-0.39, 0.29) is 23.2 Å². The minimum Gasteiger partial charge on any atom is -0.439 e. The van der Waals surface area contributed by atoms with Crippen LogP contribution in [0.4, 0.5) is 5.69 Å². The first-order chi connectivity index (χ1) is 9.45. The second-order valence-corrected chi connectivity index (χ2v) is 4.72. The number of nitrogen functional groups attached to an aromatic ring is 1. The molecule has 0 radical (unpaired) electrons. The molecule has 0 atom stereocenters. The van der Waals surface area contributed by atoms with Crippen LogP contribution in [0.3, 0.4) is 0 Å². The van der Waals surface area contributed by atoms with Crippen molar-refractivity contribution in [3.05, 3.63) is 56.7 Å². The van der Waals surface area contributed by atoms with E-state index in [1.54, 1.807) is 12.1 Å². The van der Waals surface area contributed by atoms with Crippen LogP contribution >= 0.6 is 15.9 Å². The van der Waals surface area contributed by atoms with Gasteiger partial charge in [-0.25, -0.2) is 4.98 Å². The number of non-ortho nitro benzene ring substituents is 1. The normalized spacial score (nSPS) is 10.1. The lowest BCUT2D eigenvalue weighted by Crippen LogP contribution is -2.11. The van der Waals surface area contributed by atoms with Crippen LogP contribution in [0.25, 0.3) is 0 Å². The van der Waals surface area contributed by atoms with E-state index in [0.717, 1.165) is 0 Å². The summed E-state index contributed by atoms with van der Waals surface area (Å²) in [6.07, 6.45) is 1.44. The number of halogens is 1. The van der Waals surface area contributed by atoms with Crippen molar-refractivity contribution < 1.29 is 9.66 Å². The molecule has 102 valence electrons. The monoisotopic (exact) mass is 336 g/mol. The zero-order chi connectivity index (χ0) is 14.7. The number of nitrogens with two attached hydrogens (primary N) is 1. The standard InChI is InChI=1S/C12H9BrN4O3/c13-8-4-9(17(18)19)6-10(5-8)20-11-3-7(12(14)15)1-2-16-11/h1-6H,(H3,14,15). The minimum absolute atomic E-state index is 0.0999. The van der Waals surface area contributed by atoms with Crippen LogP contribution in [0.2, 0.25) is 0 Å². The van der Waals surface area contributed by atoms with Gasteiger partial charge in [-0.3, -0.25) is 15.5 Å². The van der Waals surface area contributed by atoms with Gasteiger partial charge in [0.2, 0.25) is 5.88 Å². The molecule has 0 bridgehead atoms. The quantitative estimate of drug-likeness (QED) is 0.385. The molecule has 2 aromatic rings. The number of benzene rings is 1. The molecule has 0 aliphatic heterocycles. The highest BCUT2D eigenvalue weighted by atomic mass is 79.9. The first kappa shape index (κ1) is 13.9. The number of amidine groups is 1. The van der Waals surface area contributed by atoms with E-state index in [1.165, 1.54) is 24.4 Å². The van der Waals surface area contributed by atoms with Crippen LogP contribution in [-0.2, 0) is 0 Å². The average Bonchev–Trinajstić information content (AvgIpc) is 2.38. The van der Waals surface area contributed by atoms with Gasteiger partial charge in [0.25, 0.3) is 5.69 Å². The summed E-state index contributed by atoms with van der Waals surface area (Å²) < 4.78 is 5.96. The number of nitrogens with zero attached hydrogens (tertiary/aromatic N) is 2. The highest BCUT2D eigenvalue weighted by Crippen LogP contribution is 2.29. The molecule has 0 amide bonds. The number of rotatable bonds is 4. The molecule has 0 saturated carbocycles. The van der Waals surface area contributed by atoms with Crippen molar-refractivity contribution in [2.75, 3.05) is 0 Å². The number of aromatic nitrogens is 1. The van der Waals surface area contributed by atoms with Crippen LogP contribution in [0.15, 0.2) is 41.0 Å². The Bertz CT molecular complexity index is 690. The Balaban J connectivity index is 2.32. The van der Waals surface area contributed by atoms with Crippen molar-refractivity contribution >= 4 is 27.5 Å². The highest BCUT2D eigenvalue weighted by molar-refractivity contribution is 9.10. The fraction of sp³-hybridized carbons (Fsp3) is 0. The van der Waals surface area contributed by atoms with Gasteiger partial charge in [-0.15, -0.1) is 0 Å². The fourth-order valence-corrected chi connectivity index (χ4v) is 1.93. The molecule has 1 aromatic carbocycles. The smallest absolute Gasteiger partial charge is 0.274 e. The Kier molecular flexibility index (Phi) is 3.94. The van der Waals surface area contributed by atoms with Gasteiger partial charge in [-0.05, 0) is 12.1 Å². The van der Waals surface area contributed by atoms with Gasteiger partial charge in [0.1, 0.15) is 11.6 Å². The minimum atomic E-state index is -0.517. The predicted molar refractivity (Wildman–Crippen MR) is 76.1 cm³/mol. The summed E-state index contributed by atoms with van der Waals surface area (Å²) >= 11 is 3.17. The summed E-state index contributed by atoms with van der Waals surface area (Å²) in [6, 6.07) is 7.28. The Morgan fingerprint density at radius 2 is 2.15 bits per heavy atom. The topological polar surface area (TPSA) is 115 Å². The van der Waals surface area contributed by atoms with Crippen LogP contribution in [0.5, 0.6) is 11.6 Å². The van der Waals surface area contributed by atoms with E-state index in [0.29, 0.717) is 10.0 Å². The SMILES string of the molecule is N=C(N)c1ccnc(Oc2cc(Br)cc([N+](=O)[O-])c2)c1. The molecule has 1 heterocycles. The van der Waals surface area contributed by atoms with Crippen molar-refractivity contribution in [2.24, 2.45) is 5.73 Å². The highest BCUT2D eigenvalue weighted by Gasteiger charge is 2.11. The van der Waals surface area contributed by atoms with E-state index in [1.807, 2.05) is 0 Å². The van der Waals surface area contributed by atoms with Gasteiger partial charge >= 0.3 is 0 Å². The lowest BCUT2D eigenvalue weighted by Gasteiger charge is -2.06. The number of nitrogens with one attached hydrogen (secondary N) is 1. The zero-order valence-corrected chi connectivity index (χ0v) is 11.6. The zero-order valence-electron chi connectivity index (χ0n) is 10.0. The molecule has 20 heavy (non-hydrogen) atoms. The van der Waals surface area contributed by atoms with Gasteiger partial charge in [0, 0.05) is 28.4 Å². The molecular weight excluding hydrogens is 328 g/mol. The molecule has 0 spiro atoms. The fourth-order valence-electron chi connectivity index (χ4n) is 1.47. The first-order valence-corrected chi connectivity index (χ1v) is 6.18. The molecule has 7 nitrogen and oxygen atoms in total. The lowest BCUT2D eigenvalue weighted by molar-refractivity contribution is -0.385. The Hall–Kier alpha value is -2.48. The maximum Gasteiger partial charge on any atom is 0.274 e. The van der Waals surface area contributed by atoms with Crippen LogP contribution < -0.4 is 10.5 Å². The van der Waals surface area contributed by atoms with E-state index < -0.39 is 4.92 Å². The molecule has 0 aliphatic rings. The summed E-state index contributed by atoms with van der Waals surface area (Å²) in [7, 11) is 0. The Morgan fingerprint density at radius 3 is 2.80 bits per heavy atom. The molecule has 0 unspecified atom stereocenters. The van der Waals surface area contributed by atoms with Crippen molar-refractivity contribution in [2.45, 2.75) is 0 Å². The summed E-state index contributed by atoms with van der Waals surface area (Å²) in [6.45, 7) is 0. The van der Waals surface area contributed by atoms with Gasteiger partial charge in [-0.2, -0.15) is 0 Å². The van der Waals surface area contributed by atoms with Gasteiger partial charge < -0.3 is 10.5 Å². The Morgan fingerprint density at radius 1 is 1.40 bits per heavy atom. The largest absolute Gasteiger partial charge is 0.439 e. The van der Waals surface area contributed by atoms with Crippen molar-refractivity contribution in [1.82, 2.24) is 4.98 Å². The van der Waals surface area contributed by atoms with Crippen molar-refractivity contribution in [3.8, 4) is 11.6 Å². The van der Waals surface area contributed by atoms with Gasteiger partial charge in [0.05, 0.1) is 11.0 Å². The third kappa shape index (κ3) is 3.29. The molecule has 2 rings (SSSR count). The van der Waals surface area contributed by atoms with Crippen molar-refractivity contribution in [3.63, 3.8) is 0 Å². The first-order valence-electron chi connectivity index (χ1n) is 5.39. The van der Waals surface area contributed by atoms with Crippen molar-refractivity contribution in [1.29, 1.82) is 5.41 Å². The van der Waals surface area contributed by atoms with E-state index in [2.05, 4.69) is 20.9 Å². The maximum absolute atomic E-state index is 10.8. The molecule has 8 heteroatoms. The molecular formula is C12H9BrN4O3. The number of nitro benzene ring substituents is 1. The lowest BCUT2D eigenvalue weighted by atomic mass is 10.2.